The molecule has 1 aromatic heterocycles. The van der Waals surface area contributed by atoms with Gasteiger partial charge in [-0.15, -0.1) is 0 Å². The number of pyridine rings is 1. The second kappa shape index (κ2) is 5.48. The van der Waals surface area contributed by atoms with E-state index in [1.807, 2.05) is 6.07 Å². The third kappa shape index (κ3) is 3.07. The lowest BCUT2D eigenvalue weighted by Crippen LogP contribution is -2.26. The normalized spacial score (nSPS) is 10.2. The average molecular weight is 260 g/mol. The number of carbonyl (C=O) groups is 1. The van der Waals surface area contributed by atoms with Crippen molar-refractivity contribution in [2.45, 2.75) is 6.54 Å². The van der Waals surface area contributed by atoms with E-state index in [4.69, 9.17) is 0 Å². The SMILES string of the molecule is CN(Cc1cccnc1)C(=O)c1cc(F)ccc1O. The van der Waals surface area contributed by atoms with E-state index in [1.165, 1.54) is 11.0 Å². The highest BCUT2D eigenvalue weighted by Crippen LogP contribution is 2.20. The molecule has 2 rings (SSSR count). The van der Waals surface area contributed by atoms with Crippen molar-refractivity contribution in [1.29, 1.82) is 0 Å². The van der Waals surface area contributed by atoms with E-state index in [-0.39, 0.29) is 11.3 Å². The molecule has 1 heterocycles. The highest BCUT2D eigenvalue weighted by molar-refractivity contribution is 5.96. The van der Waals surface area contributed by atoms with Gasteiger partial charge in [0.25, 0.3) is 5.91 Å². The average Bonchev–Trinajstić information content (AvgIpc) is 2.42. The number of benzene rings is 1. The van der Waals surface area contributed by atoms with Crippen LogP contribution < -0.4 is 0 Å². The number of amides is 1. The number of halogens is 1. The summed E-state index contributed by atoms with van der Waals surface area (Å²) in [6, 6.07) is 6.90. The molecule has 98 valence electrons. The van der Waals surface area contributed by atoms with Gasteiger partial charge in [-0.2, -0.15) is 0 Å². The number of phenols is 1. The summed E-state index contributed by atoms with van der Waals surface area (Å²) in [6.07, 6.45) is 3.29. The fourth-order valence-corrected chi connectivity index (χ4v) is 1.72. The quantitative estimate of drug-likeness (QED) is 0.920. The molecule has 0 aliphatic rings. The second-order valence-electron chi connectivity index (χ2n) is 4.18. The molecule has 0 aliphatic heterocycles. The molecule has 0 saturated heterocycles. The number of hydrogen-bond acceptors (Lipinski definition) is 3. The molecular formula is C14H13FN2O2. The van der Waals surface area contributed by atoms with Crippen molar-refractivity contribution in [2.24, 2.45) is 0 Å². The molecule has 0 spiro atoms. The van der Waals surface area contributed by atoms with Crippen LogP contribution in [0.4, 0.5) is 4.39 Å². The largest absolute Gasteiger partial charge is 0.507 e. The lowest BCUT2D eigenvalue weighted by molar-refractivity contribution is 0.0781. The van der Waals surface area contributed by atoms with Crippen LogP contribution in [0.3, 0.4) is 0 Å². The Morgan fingerprint density at radius 2 is 2.21 bits per heavy atom. The van der Waals surface area contributed by atoms with E-state index in [9.17, 15) is 14.3 Å². The number of nitrogens with zero attached hydrogens (tertiary/aromatic N) is 2. The Bertz CT molecular complexity index is 587. The van der Waals surface area contributed by atoms with Crippen molar-refractivity contribution in [3.05, 3.63) is 59.7 Å². The zero-order valence-electron chi connectivity index (χ0n) is 10.4. The third-order valence-electron chi connectivity index (χ3n) is 2.68. The van der Waals surface area contributed by atoms with Crippen LogP contribution in [0.15, 0.2) is 42.7 Å². The molecule has 0 unspecified atom stereocenters. The molecule has 1 N–H and O–H groups in total. The van der Waals surface area contributed by atoms with E-state index in [2.05, 4.69) is 4.98 Å². The van der Waals surface area contributed by atoms with Gasteiger partial charge in [-0.25, -0.2) is 4.39 Å². The van der Waals surface area contributed by atoms with Crippen LogP contribution in [0.1, 0.15) is 15.9 Å². The van der Waals surface area contributed by atoms with Crippen LogP contribution >= 0.6 is 0 Å². The molecule has 0 fully saturated rings. The predicted octanol–water partition coefficient (Wildman–Crippen LogP) is 2.20. The predicted molar refractivity (Wildman–Crippen MR) is 68.1 cm³/mol. The lowest BCUT2D eigenvalue weighted by atomic mass is 10.1. The van der Waals surface area contributed by atoms with Gasteiger partial charge in [-0.1, -0.05) is 6.07 Å². The van der Waals surface area contributed by atoms with Crippen LogP contribution in [0.25, 0.3) is 0 Å². The van der Waals surface area contributed by atoms with Crippen molar-refractivity contribution in [1.82, 2.24) is 9.88 Å². The molecule has 4 nitrogen and oxygen atoms in total. The van der Waals surface area contributed by atoms with E-state index in [0.717, 1.165) is 17.7 Å². The van der Waals surface area contributed by atoms with Crippen molar-refractivity contribution >= 4 is 5.91 Å². The van der Waals surface area contributed by atoms with Crippen molar-refractivity contribution < 1.29 is 14.3 Å². The monoisotopic (exact) mass is 260 g/mol. The number of carbonyl (C=O) groups excluding carboxylic acids is 1. The zero-order valence-corrected chi connectivity index (χ0v) is 10.4. The molecular weight excluding hydrogens is 247 g/mol. The Labute approximate surface area is 110 Å². The second-order valence-corrected chi connectivity index (χ2v) is 4.18. The first kappa shape index (κ1) is 13.0. The molecule has 2 aromatic rings. The van der Waals surface area contributed by atoms with E-state index >= 15 is 0 Å². The van der Waals surface area contributed by atoms with Crippen LogP contribution in [0.2, 0.25) is 0 Å². The van der Waals surface area contributed by atoms with Crippen molar-refractivity contribution in [2.75, 3.05) is 7.05 Å². The number of aromatic hydroxyl groups is 1. The van der Waals surface area contributed by atoms with Crippen molar-refractivity contribution in [3.8, 4) is 5.75 Å². The Morgan fingerprint density at radius 1 is 1.42 bits per heavy atom. The molecule has 0 saturated carbocycles. The lowest BCUT2D eigenvalue weighted by Gasteiger charge is -2.17. The third-order valence-corrected chi connectivity index (χ3v) is 2.68. The summed E-state index contributed by atoms with van der Waals surface area (Å²) in [5, 5.41) is 9.59. The number of rotatable bonds is 3. The molecule has 0 atom stereocenters. The maximum Gasteiger partial charge on any atom is 0.257 e. The molecule has 0 bridgehead atoms. The number of hydrogen-bond donors (Lipinski definition) is 1. The Morgan fingerprint density at radius 3 is 2.89 bits per heavy atom. The summed E-state index contributed by atoms with van der Waals surface area (Å²) in [4.78, 5) is 17.4. The minimum atomic E-state index is -0.559. The van der Waals surface area contributed by atoms with Gasteiger partial charge in [0.2, 0.25) is 0 Å². The van der Waals surface area contributed by atoms with Gasteiger partial charge in [0.1, 0.15) is 11.6 Å². The first-order valence-electron chi connectivity index (χ1n) is 5.71. The first-order chi connectivity index (χ1) is 9.08. The van der Waals surface area contributed by atoms with Gasteiger partial charge >= 0.3 is 0 Å². The Balaban J connectivity index is 2.17. The summed E-state index contributed by atoms with van der Waals surface area (Å²) in [5.41, 5.74) is 0.806. The standard InChI is InChI=1S/C14H13FN2O2/c1-17(9-10-3-2-6-16-8-10)14(19)12-7-11(15)4-5-13(12)18/h2-8,18H,9H2,1H3. The van der Waals surface area contributed by atoms with Gasteiger partial charge in [0.05, 0.1) is 5.56 Å². The summed E-state index contributed by atoms with van der Waals surface area (Å²) in [5.74, 6) is -1.23. The molecule has 1 amide bonds. The molecule has 19 heavy (non-hydrogen) atoms. The van der Waals surface area contributed by atoms with Crippen LogP contribution in [-0.4, -0.2) is 27.9 Å². The summed E-state index contributed by atoms with van der Waals surface area (Å²) >= 11 is 0. The molecule has 0 aliphatic carbocycles. The van der Waals surface area contributed by atoms with E-state index in [0.29, 0.717) is 6.54 Å². The van der Waals surface area contributed by atoms with Gasteiger partial charge in [0.15, 0.2) is 0 Å². The fraction of sp³-hybridized carbons (Fsp3) is 0.143. The van der Waals surface area contributed by atoms with E-state index in [1.54, 1.807) is 25.5 Å². The van der Waals surface area contributed by atoms with Gasteiger partial charge in [-0.3, -0.25) is 9.78 Å². The Hall–Kier alpha value is -2.43. The van der Waals surface area contributed by atoms with Crippen LogP contribution in [-0.2, 0) is 6.54 Å². The number of phenolic OH excluding ortho intramolecular Hbond substituents is 1. The van der Waals surface area contributed by atoms with Gasteiger partial charge in [-0.05, 0) is 29.8 Å². The summed E-state index contributed by atoms with van der Waals surface area (Å²) < 4.78 is 13.1. The maximum absolute atomic E-state index is 13.1. The Kier molecular flexibility index (Phi) is 3.75. The van der Waals surface area contributed by atoms with Gasteiger partial charge < -0.3 is 10.0 Å². The summed E-state index contributed by atoms with van der Waals surface area (Å²) in [7, 11) is 1.58. The van der Waals surface area contributed by atoms with Crippen molar-refractivity contribution in [3.63, 3.8) is 0 Å². The molecule has 5 heteroatoms. The maximum atomic E-state index is 13.1. The highest BCUT2D eigenvalue weighted by atomic mass is 19.1. The minimum absolute atomic E-state index is 0.0496. The van der Waals surface area contributed by atoms with Gasteiger partial charge in [0, 0.05) is 26.0 Å². The first-order valence-corrected chi connectivity index (χ1v) is 5.71. The molecule has 1 aromatic carbocycles. The topological polar surface area (TPSA) is 53.4 Å². The highest BCUT2D eigenvalue weighted by Gasteiger charge is 2.16. The smallest absolute Gasteiger partial charge is 0.257 e. The van der Waals surface area contributed by atoms with Crippen LogP contribution in [0, 0.1) is 5.82 Å². The molecule has 0 radical (unpaired) electrons. The van der Waals surface area contributed by atoms with Crippen LogP contribution in [0.5, 0.6) is 5.75 Å². The fourth-order valence-electron chi connectivity index (χ4n) is 1.72. The number of aromatic nitrogens is 1. The van der Waals surface area contributed by atoms with E-state index < -0.39 is 11.7 Å². The summed E-state index contributed by atoms with van der Waals surface area (Å²) in [6.45, 7) is 0.336. The minimum Gasteiger partial charge on any atom is -0.507 e. The zero-order chi connectivity index (χ0) is 13.8.